The number of carbonyl (C=O) groups excluding carboxylic acids is 1. The average Bonchev–Trinajstić information content (AvgIpc) is 3.51. The summed E-state index contributed by atoms with van der Waals surface area (Å²) in [5.41, 5.74) is 3.48. The average molecular weight is 497 g/mol. The number of carbonyl (C=O) groups is 1. The molecule has 4 heterocycles. The molecule has 0 radical (unpaired) electrons. The van der Waals surface area contributed by atoms with Crippen molar-refractivity contribution in [2.24, 2.45) is 29.6 Å². The van der Waals surface area contributed by atoms with E-state index in [2.05, 4.69) is 17.4 Å². The van der Waals surface area contributed by atoms with Gasteiger partial charge in [-0.05, 0) is 75.5 Å². The lowest BCUT2D eigenvalue weighted by molar-refractivity contribution is -0.135. The summed E-state index contributed by atoms with van der Waals surface area (Å²) in [5, 5.41) is 11.6. The molecule has 4 aliphatic heterocycles. The topological polar surface area (TPSA) is 93.2 Å². The minimum atomic E-state index is -3.17. The molecule has 194 valence electrons. The van der Waals surface area contributed by atoms with Crippen molar-refractivity contribution in [1.29, 1.82) is 0 Å². The summed E-state index contributed by atoms with van der Waals surface area (Å²) < 4.78 is 28.2. The van der Waals surface area contributed by atoms with Gasteiger partial charge in [-0.3, -0.25) is 10.2 Å². The lowest BCUT2D eigenvalue weighted by atomic mass is 9.75. The molecule has 1 amide bonds. The number of piperidine rings is 2. The lowest BCUT2D eigenvalue weighted by Gasteiger charge is -2.43. The predicted octanol–water partition coefficient (Wildman–Crippen LogP) is 1.66. The summed E-state index contributed by atoms with van der Waals surface area (Å²) in [7, 11) is -3.17. The Bertz CT molecular complexity index is 823. The molecule has 4 atom stereocenters. The Morgan fingerprint density at radius 1 is 0.941 bits per heavy atom. The Balaban J connectivity index is 1.15. The second-order valence-corrected chi connectivity index (χ2v) is 14.0. The van der Waals surface area contributed by atoms with E-state index in [-0.39, 0.29) is 35.6 Å². The number of fused-ring (bicyclic) bond motifs is 1. The van der Waals surface area contributed by atoms with Crippen LogP contribution in [-0.4, -0.2) is 90.8 Å². The molecule has 0 bridgehead atoms. The van der Waals surface area contributed by atoms with Gasteiger partial charge in [-0.1, -0.05) is 6.92 Å². The standard InChI is InChI=1S/C25H44N4O4S/c1-18-2-4-22(5-3-18)34(32,33)28-11-7-20(8-12-28)21-9-13-29-24(14-21)23(15-26-29)25(31)27-10-6-19(16-27)17-30/h18-24,26,30H,2-17H2,1H3. The molecule has 5 fully saturated rings. The Morgan fingerprint density at radius 2 is 1.65 bits per heavy atom. The number of likely N-dealkylation sites (tertiary alicyclic amines) is 1. The van der Waals surface area contributed by atoms with Crippen LogP contribution in [0.25, 0.3) is 0 Å². The highest BCUT2D eigenvalue weighted by atomic mass is 32.2. The second kappa shape index (κ2) is 10.3. The number of amides is 1. The Labute approximate surface area is 205 Å². The Kier molecular flexibility index (Phi) is 7.57. The van der Waals surface area contributed by atoms with E-state index < -0.39 is 10.0 Å². The Morgan fingerprint density at radius 3 is 2.32 bits per heavy atom. The molecule has 8 nitrogen and oxygen atoms in total. The number of hydrogen-bond donors (Lipinski definition) is 2. The number of hydrazine groups is 1. The molecule has 0 spiro atoms. The van der Waals surface area contributed by atoms with Gasteiger partial charge in [-0.2, -0.15) is 0 Å². The number of hydrogen-bond acceptors (Lipinski definition) is 6. The fourth-order valence-electron chi connectivity index (χ4n) is 7.39. The van der Waals surface area contributed by atoms with E-state index in [0.29, 0.717) is 43.9 Å². The number of nitrogens with one attached hydrogen (secondary N) is 1. The summed E-state index contributed by atoms with van der Waals surface area (Å²) in [6, 6.07) is 0.241. The first-order valence-electron chi connectivity index (χ1n) is 13.8. The van der Waals surface area contributed by atoms with Gasteiger partial charge in [-0.25, -0.2) is 17.7 Å². The number of sulfonamides is 1. The van der Waals surface area contributed by atoms with Gasteiger partial charge in [0.15, 0.2) is 0 Å². The molecule has 1 aliphatic carbocycles. The first kappa shape index (κ1) is 24.9. The summed E-state index contributed by atoms with van der Waals surface area (Å²) in [5.74, 6) is 2.26. The third kappa shape index (κ3) is 4.92. The fraction of sp³-hybridized carbons (Fsp3) is 0.960. The van der Waals surface area contributed by atoms with Gasteiger partial charge >= 0.3 is 0 Å². The first-order chi connectivity index (χ1) is 16.4. The smallest absolute Gasteiger partial charge is 0.228 e. The number of aliphatic hydroxyl groups is 1. The van der Waals surface area contributed by atoms with Crippen LogP contribution in [0.15, 0.2) is 0 Å². The van der Waals surface area contributed by atoms with Crippen molar-refractivity contribution in [2.45, 2.75) is 76.0 Å². The molecule has 5 rings (SSSR count). The normalized spacial score (nSPS) is 38.8. The van der Waals surface area contributed by atoms with Crippen LogP contribution in [0.4, 0.5) is 0 Å². The van der Waals surface area contributed by atoms with Gasteiger partial charge < -0.3 is 10.0 Å². The summed E-state index contributed by atoms with van der Waals surface area (Å²) in [6.07, 6.45) is 8.67. The monoisotopic (exact) mass is 496 g/mol. The molecule has 0 aromatic carbocycles. The van der Waals surface area contributed by atoms with Crippen molar-refractivity contribution in [3.05, 3.63) is 0 Å². The SMILES string of the molecule is CC1CCC(S(=O)(=O)N2CCC(C3CCN4NCC(C(=O)N5CCC(CO)C5)C4C3)CC2)CC1. The lowest BCUT2D eigenvalue weighted by Crippen LogP contribution is -2.50. The summed E-state index contributed by atoms with van der Waals surface area (Å²) in [4.78, 5) is 15.2. The van der Waals surface area contributed by atoms with Crippen LogP contribution in [0.1, 0.15) is 64.7 Å². The highest BCUT2D eigenvalue weighted by molar-refractivity contribution is 7.89. The van der Waals surface area contributed by atoms with E-state index in [1.165, 1.54) is 0 Å². The molecule has 0 aromatic heterocycles. The van der Waals surface area contributed by atoms with Gasteiger partial charge in [0.05, 0.1) is 11.2 Å². The van der Waals surface area contributed by atoms with Crippen molar-refractivity contribution < 1.29 is 18.3 Å². The maximum Gasteiger partial charge on any atom is 0.228 e. The van der Waals surface area contributed by atoms with E-state index in [1.54, 1.807) is 4.31 Å². The molecule has 1 saturated carbocycles. The highest BCUT2D eigenvalue weighted by Crippen LogP contribution is 2.40. The highest BCUT2D eigenvalue weighted by Gasteiger charge is 2.46. The third-order valence-corrected chi connectivity index (χ3v) is 12.1. The van der Waals surface area contributed by atoms with Crippen molar-refractivity contribution in [3.8, 4) is 0 Å². The van der Waals surface area contributed by atoms with Crippen molar-refractivity contribution in [1.82, 2.24) is 19.6 Å². The van der Waals surface area contributed by atoms with Crippen LogP contribution in [0.2, 0.25) is 0 Å². The summed E-state index contributed by atoms with van der Waals surface area (Å²) >= 11 is 0. The quantitative estimate of drug-likeness (QED) is 0.601. The van der Waals surface area contributed by atoms with Crippen LogP contribution in [0.5, 0.6) is 0 Å². The van der Waals surface area contributed by atoms with Crippen LogP contribution in [0, 0.1) is 29.6 Å². The predicted molar refractivity (Wildman–Crippen MR) is 131 cm³/mol. The van der Waals surface area contributed by atoms with Crippen LogP contribution < -0.4 is 5.43 Å². The minimum Gasteiger partial charge on any atom is -0.396 e. The molecule has 0 aromatic rings. The van der Waals surface area contributed by atoms with Crippen LogP contribution in [0.3, 0.4) is 0 Å². The van der Waals surface area contributed by atoms with Crippen molar-refractivity contribution >= 4 is 15.9 Å². The molecule has 4 saturated heterocycles. The first-order valence-corrected chi connectivity index (χ1v) is 15.3. The maximum absolute atomic E-state index is 13.3. The number of nitrogens with zero attached hydrogens (tertiary/aromatic N) is 3. The molecule has 9 heteroatoms. The maximum atomic E-state index is 13.3. The molecular formula is C25H44N4O4S. The fourth-order valence-corrected chi connectivity index (χ4v) is 9.40. The number of aliphatic hydroxyl groups excluding tert-OH is 1. The zero-order valence-corrected chi connectivity index (χ0v) is 21.6. The Hall–Kier alpha value is -0.740. The van der Waals surface area contributed by atoms with E-state index in [4.69, 9.17) is 0 Å². The van der Waals surface area contributed by atoms with Crippen LogP contribution in [-0.2, 0) is 14.8 Å². The van der Waals surface area contributed by atoms with E-state index >= 15 is 0 Å². The van der Waals surface area contributed by atoms with E-state index in [1.807, 2.05) is 4.90 Å². The largest absolute Gasteiger partial charge is 0.396 e. The van der Waals surface area contributed by atoms with Gasteiger partial charge in [0.2, 0.25) is 15.9 Å². The summed E-state index contributed by atoms with van der Waals surface area (Å²) in [6.45, 7) is 6.87. The van der Waals surface area contributed by atoms with Crippen LogP contribution >= 0.6 is 0 Å². The molecule has 4 unspecified atom stereocenters. The van der Waals surface area contributed by atoms with Gasteiger partial charge in [-0.15, -0.1) is 0 Å². The zero-order chi connectivity index (χ0) is 23.9. The second-order valence-electron chi connectivity index (χ2n) is 11.8. The van der Waals surface area contributed by atoms with E-state index in [9.17, 15) is 18.3 Å². The zero-order valence-electron chi connectivity index (χ0n) is 20.8. The molecular weight excluding hydrogens is 452 g/mol. The molecule has 5 aliphatic rings. The van der Waals surface area contributed by atoms with Gasteiger partial charge in [0, 0.05) is 57.8 Å². The minimum absolute atomic E-state index is 0.00518. The molecule has 2 N–H and O–H groups in total. The number of rotatable bonds is 5. The molecule has 34 heavy (non-hydrogen) atoms. The third-order valence-electron chi connectivity index (χ3n) is 9.75. The van der Waals surface area contributed by atoms with E-state index in [0.717, 1.165) is 70.9 Å². The van der Waals surface area contributed by atoms with Gasteiger partial charge in [0.25, 0.3) is 0 Å². The van der Waals surface area contributed by atoms with Crippen molar-refractivity contribution in [2.75, 3.05) is 45.9 Å². The van der Waals surface area contributed by atoms with Crippen molar-refractivity contribution in [3.63, 3.8) is 0 Å². The van der Waals surface area contributed by atoms with Gasteiger partial charge in [0.1, 0.15) is 0 Å².